The molecule has 0 bridgehead atoms. The van der Waals surface area contributed by atoms with Crippen molar-refractivity contribution in [1.82, 2.24) is 0 Å². The van der Waals surface area contributed by atoms with Crippen LogP contribution in [-0.4, -0.2) is 6.54 Å². The second-order valence-electron chi connectivity index (χ2n) is 5.14. The Morgan fingerprint density at radius 2 is 2.24 bits per heavy atom. The summed E-state index contributed by atoms with van der Waals surface area (Å²) < 4.78 is 13.9. The van der Waals surface area contributed by atoms with Crippen LogP contribution in [0.25, 0.3) is 0 Å². The van der Waals surface area contributed by atoms with E-state index in [1.807, 2.05) is 6.07 Å². The summed E-state index contributed by atoms with van der Waals surface area (Å²) in [6, 6.07) is 4.93. The Bertz CT molecular complexity index is 380. The van der Waals surface area contributed by atoms with E-state index in [0.717, 1.165) is 27.6 Å². The lowest BCUT2D eigenvalue weighted by atomic mass is 9.82. The van der Waals surface area contributed by atoms with Gasteiger partial charge in [0.05, 0.1) is 0 Å². The van der Waals surface area contributed by atoms with Gasteiger partial charge in [0.15, 0.2) is 0 Å². The molecule has 0 heterocycles. The molecule has 0 saturated heterocycles. The van der Waals surface area contributed by atoms with Gasteiger partial charge in [-0.1, -0.05) is 19.8 Å². The smallest absolute Gasteiger partial charge is 0.124 e. The normalized spacial score (nSPS) is 24.6. The molecule has 1 aliphatic carbocycles. The van der Waals surface area contributed by atoms with Crippen LogP contribution in [-0.2, 0) is 0 Å². The van der Waals surface area contributed by atoms with Gasteiger partial charge in [0.2, 0.25) is 0 Å². The molecule has 94 valence electrons. The van der Waals surface area contributed by atoms with Gasteiger partial charge in [-0.3, -0.25) is 0 Å². The van der Waals surface area contributed by atoms with E-state index in [0.29, 0.717) is 0 Å². The van der Waals surface area contributed by atoms with Gasteiger partial charge in [-0.05, 0) is 65.5 Å². The molecule has 0 amide bonds. The third kappa shape index (κ3) is 3.83. The van der Waals surface area contributed by atoms with Crippen LogP contribution in [0.1, 0.15) is 32.6 Å². The van der Waals surface area contributed by atoms with E-state index in [1.54, 1.807) is 6.07 Å². The fourth-order valence-electron chi connectivity index (χ4n) is 2.63. The highest BCUT2D eigenvalue weighted by Gasteiger charge is 2.18. The summed E-state index contributed by atoms with van der Waals surface area (Å²) >= 11 is 2.18. The minimum atomic E-state index is -0.161. The van der Waals surface area contributed by atoms with E-state index in [9.17, 15) is 4.39 Å². The lowest BCUT2D eigenvalue weighted by Crippen LogP contribution is -2.21. The molecule has 1 aromatic carbocycles. The van der Waals surface area contributed by atoms with E-state index >= 15 is 0 Å². The van der Waals surface area contributed by atoms with E-state index < -0.39 is 0 Å². The molecule has 3 heteroatoms. The lowest BCUT2D eigenvalue weighted by Gasteiger charge is -2.27. The third-order valence-corrected chi connectivity index (χ3v) is 4.45. The summed E-state index contributed by atoms with van der Waals surface area (Å²) in [6.45, 7) is 3.36. The predicted octanol–water partition coefficient (Wildman–Crippen LogP) is 4.67. The van der Waals surface area contributed by atoms with E-state index in [1.165, 1.54) is 31.7 Å². The fourth-order valence-corrected chi connectivity index (χ4v) is 3.30. The van der Waals surface area contributed by atoms with Crippen LogP contribution in [0.3, 0.4) is 0 Å². The average molecular weight is 347 g/mol. The van der Waals surface area contributed by atoms with Crippen molar-refractivity contribution in [2.75, 3.05) is 11.9 Å². The number of benzene rings is 1. The summed E-state index contributed by atoms with van der Waals surface area (Å²) in [5.41, 5.74) is 1.06. The molecule has 2 unspecified atom stereocenters. The molecule has 1 saturated carbocycles. The van der Waals surface area contributed by atoms with Crippen molar-refractivity contribution in [3.05, 3.63) is 27.6 Å². The molecule has 1 fully saturated rings. The summed E-state index contributed by atoms with van der Waals surface area (Å²) in [5, 5.41) is 3.46. The molecule has 17 heavy (non-hydrogen) atoms. The van der Waals surface area contributed by atoms with Crippen molar-refractivity contribution < 1.29 is 4.39 Å². The van der Waals surface area contributed by atoms with Crippen LogP contribution in [0, 0.1) is 21.2 Å². The zero-order valence-electron chi connectivity index (χ0n) is 10.2. The highest BCUT2D eigenvalue weighted by molar-refractivity contribution is 14.1. The Hall–Kier alpha value is -0.320. The molecule has 1 aromatic rings. The van der Waals surface area contributed by atoms with Crippen molar-refractivity contribution >= 4 is 28.3 Å². The summed E-state index contributed by atoms with van der Waals surface area (Å²) in [6.07, 6.45) is 5.39. The molecule has 1 N–H and O–H groups in total. The summed E-state index contributed by atoms with van der Waals surface area (Å²) in [7, 11) is 0. The first kappa shape index (κ1) is 13.1. The second kappa shape index (κ2) is 6.03. The van der Waals surface area contributed by atoms with Crippen LogP contribution in [0.4, 0.5) is 10.1 Å². The van der Waals surface area contributed by atoms with Gasteiger partial charge < -0.3 is 5.32 Å². The highest BCUT2D eigenvalue weighted by Crippen LogP contribution is 2.29. The Kier molecular flexibility index (Phi) is 4.65. The maximum absolute atomic E-state index is 13.0. The Morgan fingerprint density at radius 3 is 2.94 bits per heavy atom. The number of nitrogens with one attached hydrogen (secondary N) is 1. The highest BCUT2D eigenvalue weighted by atomic mass is 127. The maximum Gasteiger partial charge on any atom is 0.124 e. The SMILES string of the molecule is CC1CCCC(CNc2ccc(F)cc2I)C1. The number of rotatable bonds is 3. The predicted molar refractivity (Wildman–Crippen MR) is 78.7 cm³/mol. The minimum Gasteiger partial charge on any atom is -0.384 e. The van der Waals surface area contributed by atoms with Gasteiger partial charge in [0.1, 0.15) is 5.82 Å². The van der Waals surface area contributed by atoms with E-state index in [-0.39, 0.29) is 5.82 Å². The van der Waals surface area contributed by atoms with Gasteiger partial charge in [-0.2, -0.15) is 0 Å². The van der Waals surface area contributed by atoms with Crippen LogP contribution in [0.2, 0.25) is 0 Å². The molecular formula is C14H19FIN. The van der Waals surface area contributed by atoms with Crippen LogP contribution in [0.5, 0.6) is 0 Å². The van der Waals surface area contributed by atoms with Gasteiger partial charge in [0, 0.05) is 15.8 Å². The van der Waals surface area contributed by atoms with Crippen molar-refractivity contribution in [1.29, 1.82) is 0 Å². The van der Waals surface area contributed by atoms with Crippen molar-refractivity contribution in [3.8, 4) is 0 Å². The molecule has 0 radical (unpaired) electrons. The fraction of sp³-hybridized carbons (Fsp3) is 0.571. The average Bonchev–Trinajstić information content (AvgIpc) is 2.28. The standard InChI is InChI=1S/C14H19FIN/c1-10-3-2-4-11(7-10)9-17-14-6-5-12(15)8-13(14)16/h5-6,8,10-11,17H,2-4,7,9H2,1H3. The third-order valence-electron chi connectivity index (χ3n) is 3.56. The van der Waals surface area contributed by atoms with Gasteiger partial charge >= 0.3 is 0 Å². The molecule has 2 rings (SSSR count). The molecular weight excluding hydrogens is 328 g/mol. The zero-order chi connectivity index (χ0) is 12.3. The van der Waals surface area contributed by atoms with Crippen LogP contribution in [0.15, 0.2) is 18.2 Å². The van der Waals surface area contributed by atoms with Crippen molar-refractivity contribution in [2.45, 2.75) is 32.6 Å². The number of halogens is 2. The summed E-state index contributed by atoms with van der Waals surface area (Å²) in [4.78, 5) is 0. The van der Waals surface area contributed by atoms with Crippen molar-refractivity contribution in [2.24, 2.45) is 11.8 Å². The van der Waals surface area contributed by atoms with Crippen molar-refractivity contribution in [3.63, 3.8) is 0 Å². The molecule has 1 aliphatic rings. The first-order chi connectivity index (χ1) is 8.15. The Balaban J connectivity index is 1.88. The Morgan fingerprint density at radius 1 is 1.41 bits per heavy atom. The van der Waals surface area contributed by atoms with Gasteiger partial charge in [-0.15, -0.1) is 0 Å². The van der Waals surface area contributed by atoms with Gasteiger partial charge in [-0.25, -0.2) is 4.39 Å². The number of hydrogen-bond donors (Lipinski definition) is 1. The Labute approximate surface area is 116 Å². The largest absolute Gasteiger partial charge is 0.384 e. The number of hydrogen-bond acceptors (Lipinski definition) is 1. The molecule has 0 aliphatic heterocycles. The zero-order valence-corrected chi connectivity index (χ0v) is 12.3. The van der Waals surface area contributed by atoms with Crippen LogP contribution >= 0.6 is 22.6 Å². The summed E-state index contributed by atoms with van der Waals surface area (Å²) in [5.74, 6) is 1.48. The minimum absolute atomic E-state index is 0.161. The lowest BCUT2D eigenvalue weighted by molar-refractivity contribution is 0.293. The second-order valence-corrected chi connectivity index (χ2v) is 6.31. The van der Waals surface area contributed by atoms with Gasteiger partial charge in [0.25, 0.3) is 0 Å². The van der Waals surface area contributed by atoms with E-state index in [2.05, 4.69) is 34.8 Å². The monoisotopic (exact) mass is 347 g/mol. The topological polar surface area (TPSA) is 12.0 Å². The van der Waals surface area contributed by atoms with Crippen LogP contribution < -0.4 is 5.32 Å². The number of anilines is 1. The quantitative estimate of drug-likeness (QED) is 0.784. The van der Waals surface area contributed by atoms with E-state index in [4.69, 9.17) is 0 Å². The molecule has 0 spiro atoms. The maximum atomic E-state index is 13.0. The molecule has 0 aromatic heterocycles. The first-order valence-electron chi connectivity index (χ1n) is 6.34. The molecule has 1 nitrogen and oxygen atoms in total. The first-order valence-corrected chi connectivity index (χ1v) is 7.42. The molecule has 2 atom stereocenters.